The van der Waals surface area contributed by atoms with Gasteiger partial charge >= 0.3 is 0 Å². The third kappa shape index (κ3) is 8.37. The van der Waals surface area contributed by atoms with Gasteiger partial charge in [0.2, 0.25) is 0 Å². The van der Waals surface area contributed by atoms with Gasteiger partial charge in [-0.3, -0.25) is 0 Å². The van der Waals surface area contributed by atoms with E-state index in [1.165, 1.54) is 0 Å². The van der Waals surface area contributed by atoms with Crippen molar-refractivity contribution in [2.45, 2.75) is 38.5 Å². The van der Waals surface area contributed by atoms with E-state index in [0.29, 0.717) is 13.2 Å². The van der Waals surface area contributed by atoms with Crippen LogP contribution in [0.25, 0.3) is 0 Å². The van der Waals surface area contributed by atoms with Crippen LogP contribution in [0.15, 0.2) is 0 Å². The van der Waals surface area contributed by atoms with Crippen LogP contribution in [-0.2, 0) is 4.74 Å². The monoisotopic (exact) mass is 192 g/mol. The zero-order chi connectivity index (χ0) is 9.61. The smallest absolute Gasteiger partial charge is 0.0864 e. The zero-order valence-electron chi connectivity index (χ0n) is 8.46. The molecule has 0 saturated carbocycles. The van der Waals surface area contributed by atoms with Gasteiger partial charge in [-0.1, -0.05) is 20.8 Å². The van der Waals surface area contributed by atoms with E-state index in [4.69, 9.17) is 4.74 Å². The van der Waals surface area contributed by atoms with Crippen LogP contribution in [0, 0.1) is 0 Å². The van der Waals surface area contributed by atoms with E-state index in [0.717, 1.165) is 5.75 Å². The van der Waals surface area contributed by atoms with Crippen molar-refractivity contribution in [2.75, 3.05) is 19.0 Å². The summed E-state index contributed by atoms with van der Waals surface area (Å²) in [6, 6.07) is 0. The normalized spacial score (nSPS) is 14.8. The summed E-state index contributed by atoms with van der Waals surface area (Å²) in [6.07, 6.45) is -0.325. The summed E-state index contributed by atoms with van der Waals surface area (Å²) < 4.78 is 5.33. The van der Waals surface area contributed by atoms with Crippen molar-refractivity contribution in [2.24, 2.45) is 0 Å². The number of ether oxygens (including phenoxy) is 1. The van der Waals surface area contributed by atoms with Gasteiger partial charge in [0.25, 0.3) is 0 Å². The molecular weight excluding hydrogens is 172 g/mol. The predicted octanol–water partition coefficient (Wildman–Crippen LogP) is 1.92. The Labute approximate surface area is 79.7 Å². The summed E-state index contributed by atoms with van der Waals surface area (Å²) in [5.41, 5.74) is 0. The Morgan fingerprint density at radius 1 is 1.42 bits per heavy atom. The average molecular weight is 192 g/mol. The van der Waals surface area contributed by atoms with Gasteiger partial charge in [0.1, 0.15) is 0 Å². The lowest BCUT2D eigenvalue weighted by atomic mass is 10.3. The lowest BCUT2D eigenvalue weighted by Gasteiger charge is -2.19. The van der Waals surface area contributed by atoms with Crippen LogP contribution < -0.4 is 0 Å². The zero-order valence-corrected chi connectivity index (χ0v) is 9.28. The first-order valence-electron chi connectivity index (χ1n) is 4.35. The largest absolute Gasteiger partial charge is 0.390 e. The number of hydrogen-bond acceptors (Lipinski definition) is 3. The van der Waals surface area contributed by atoms with Crippen molar-refractivity contribution in [1.82, 2.24) is 0 Å². The SMILES string of the molecule is CCOCC(O)CSC(C)(C)C. The van der Waals surface area contributed by atoms with E-state index < -0.39 is 0 Å². The fourth-order valence-corrected chi connectivity index (χ4v) is 1.44. The van der Waals surface area contributed by atoms with Gasteiger partial charge < -0.3 is 9.84 Å². The lowest BCUT2D eigenvalue weighted by molar-refractivity contribution is 0.0550. The Morgan fingerprint density at radius 3 is 2.42 bits per heavy atom. The first-order chi connectivity index (χ1) is 5.45. The second-order valence-corrected chi connectivity index (χ2v) is 5.58. The minimum Gasteiger partial charge on any atom is -0.390 e. The van der Waals surface area contributed by atoms with Gasteiger partial charge in [0.05, 0.1) is 12.7 Å². The van der Waals surface area contributed by atoms with E-state index in [9.17, 15) is 5.11 Å². The van der Waals surface area contributed by atoms with Crippen molar-refractivity contribution >= 4 is 11.8 Å². The molecule has 0 radical (unpaired) electrons. The van der Waals surface area contributed by atoms with Crippen LogP contribution in [-0.4, -0.2) is 34.9 Å². The van der Waals surface area contributed by atoms with Crippen molar-refractivity contribution < 1.29 is 9.84 Å². The van der Waals surface area contributed by atoms with Gasteiger partial charge in [-0.25, -0.2) is 0 Å². The summed E-state index contributed by atoms with van der Waals surface area (Å²) >= 11 is 1.76. The highest BCUT2D eigenvalue weighted by Gasteiger charge is 2.13. The molecule has 1 atom stereocenters. The number of aliphatic hydroxyl groups is 1. The van der Waals surface area contributed by atoms with Crippen molar-refractivity contribution in [3.8, 4) is 0 Å². The first-order valence-corrected chi connectivity index (χ1v) is 5.34. The van der Waals surface area contributed by atoms with Gasteiger partial charge in [0.15, 0.2) is 0 Å². The number of rotatable bonds is 5. The third-order valence-electron chi connectivity index (χ3n) is 1.22. The molecule has 0 fully saturated rings. The van der Waals surface area contributed by atoms with Crippen molar-refractivity contribution in [3.63, 3.8) is 0 Å². The molecule has 0 bridgehead atoms. The van der Waals surface area contributed by atoms with Crippen LogP contribution in [0.3, 0.4) is 0 Å². The quantitative estimate of drug-likeness (QED) is 0.721. The molecule has 74 valence electrons. The van der Waals surface area contributed by atoms with Crippen molar-refractivity contribution in [3.05, 3.63) is 0 Å². The lowest BCUT2D eigenvalue weighted by Crippen LogP contribution is -2.21. The minimum absolute atomic E-state index is 0.229. The highest BCUT2D eigenvalue weighted by Crippen LogP contribution is 2.23. The summed E-state index contributed by atoms with van der Waals surface area (Å²) in [7, 11) is 0. The maximum absolute atomic E-state index is 9.40. The van der Waals surface area contributed by atoms with E-state index in [2.05, 4.69) is 20.8 Å². The Balaban J connectivity index is 3.37. The van der Waals surface area contributed by atoms with Crippen LogP contribution >= 0.6 is 11.8 Å². The number of aliphatic hydroxyl groups excluding tert-OH is 1. The molecule has 0 rings (SSSR count). The highest BCUT2D eigenvalue weighted by atomic mass is 32.2. The molecule has 0 amide bonds. The summed E-state index contributed by atoms with van der Waals surface area (Å²) in [5, 5.41) is 9.40. The first kappa shape index (κ1) is 12.3. The fourth-order valence-electron chi connectivity index (χ4n) is 0.648. The van der Waals surface area contributed by atoms with Crippen LogP contribution in [0.2, 0.25) is 0 Å². The van der Waals surface area contributed by atoms with Crippen molar-refractivity contribution in [1.29, 1.82) is 0 Å². The van der Waals surface area contributed by atoms with Crippen LogP contribution in [0.1, 0.15) is 27.7 Å². The molecule has 0 aromatic rings. The molecule has 1 N–H and O–H groups in total. The van der Waals surface area contributed by atoms with E-state index in [1.54, 1.807) is 11.8 Å². The van der Waals surface area contributed by atoms with Gasteiger partial charge in [0, 0.05) is 17.1 Å². The summed E-state index contributed by atoms with van der Waals surface area (Å²) in [6.45, 7) is 9.50. The molecule has 0 aliphatic heterocycles. The summed E-state index contributed by atoms with van der Waals surface area (Å²) in [4.78, 5) is 0. The molecule has 0 saturated heterocycles. The maximum Gasteiger partial charge on any atom is 0.0864 e. The summed E-state index contributed by atoms with van der Waals surface area (Å²) in [5.74, 6) is 0.753. The van der Waals surface area contributed by atoms with E-state index in [-0.39, 0.29) is 10.9 Å². The topological polar surface area (TPSA) is 29.5 Å². The molecule has 0 aliphatic rings. The molecule has 2 nitrogen and oxygen atoms in total. The number of thioether (sulfide) groups is 1. The Kier molecular flexibility index (Phi) is 5.97. The van der Waals surface area contributed by atoms with Gasteiger partial charge in [-0.05, 0) is 6.92 Å². The Morgan fingerprint density at radius 2 is 2.00 bits per heavy atom. The number of hydrogen-bond donors (Lipinski definition) is 1. The Hall–Kier alpha value is 0.270. The van der Waals surface area contributed by atoms with Crippen LogP contribution in [0.4, 0.5) is 0 Å². The third-order valence-corrected chi connectivity index (χ3v) is 2.64. The molecule has 3 heteroatoms. The highest BCUT2D eigenvalue weighted by molar-refractivity contribution is 8.00. The standard InChI is InChI=1S/C9H20O2S/c1-5-11-6-8(10)7-12-9(2,3)4/h8,10H,5-7H2,1-4H3. The Bertz CT molecular complexity index is 110. The molecule has 0 aliphatic carbocycles. The second kappa shape index (κ2) is 5.84. The minimum atomic E-state index is -0.325. The fraction of sp³-hybridized carbons (Fsp3) is 1.00. The second-order valence-electron chi connectivity index (χ2n) is 3.74. The van der Waals surface area contributed by atoms with E-state index >= 15 is 0 Å². The predicted molar refractivity (Wildman–Crippen MR) is 54.7 cm³/mol. The average Bonchev–Trinajstić information content (AvgIpc) is 1.95. The maximum atomic E-state index is 9.40. The van der Waals surface area contributed by atoms with Crippen LogP contribution in [0.5, 0.6) is 0 Å². The van der Waals surface area contributed by atoms with Gasteiger partial charge in [-0.2, -0.15) is 11.8 Å². The molecule has 0 heterocycles. The molecule has 12 heavy (non-hydrogen) atoms. The van der Waals surface area contributed by atoms with Gasteiger partial charge in [-0.15, -0.1) is 0 Å². The molecule has 1 unspecified atom stereocenters. The molecule has 0 spiro atoms. The molecule has 0 aromatic carbocycles. The molecular formula is C9H20O2S. The van der Waals surface area contributed by atoms with E-state index in [1.807, 2.05) is 6.92 Å². The molecule has 0 aromatic heterocycles.